The first-order valence-electron chi connectivity index (χ1n) is 7.44. The van der Waals surface area contributed by atoms with Gasteiger partial charge in [0, 0.05) is 0 Å². The van der Waals surface area contributed by atoms with Crippen LogP contribution in [0.5, 0.6) is 0 Å². The second-order valence-electron chi connectivity index (χ2n) is 6.49. The summed E-state index contributed by atoms with van der Waals surface area (Å²) in [5, 5.41) is 3.53. The lowest BCUT2D eigenvalue weighted by Gasteiger charge is -2.23. The Balaban J connectivity index is 2.21. The van der Waals surface area contributed by atoms with Crippen molar-refractivity contribution in [1.29, 1.82) is 0 Å². The lowest BCUT2D eigenvalue weighted by molar-refractivity contribution is 0.331. The summed E-state index contributed by atoms with van der Waals surface area (Å²) in [7, 11) is 0. The molecule has 3 nitrogen and oxygen atoms in total. The zero-order valence-electron chi connectivity index (χ0n) is 13.0. The molecule has 0 aliphatic heterocycles. The van der Waals surface area contributed by atoms with E-state index < -0.39 is 0 Å². The predicted molar refractivity (Wildman–Crippen MR) is 84.6 cm³/mol. The molecule has 0 fully saturated rings. The summed E-state index contributed by atoms with van der Waals surface area (Å²) >= 11 is 0. The van der Waals surface area contributed by atoms with Crippen molar-refractivity contribution in [3.63, 3.8) is 0 Å². The Kier molecular flexibility index (Phi) is 4.71. The first kappa shape index (κ1) is 14.9. The molecule has 1 aromatic heterocycles. The van der Waals surface area contributed by atoms with Crippen molar-refractivity contribution in [2.45, 2.75) is 46.6 Å². The van der Waals surface area contributed by atoms with Crippen LogP contribution in [0, 0.1) is 5.41 Å². The highest BCUT2D eigenvalue weighted by molar-refractivity contribution is 5.73. The van der Waals surface area contributed by atoms with E-state index in [1.165, 1.54) is 6.42 Å². The fraction of sp³-hybridized carbons (Fsp3) is 0.529. The molecule has 0 bridgehead atoms. The average molecular weight is 271 g/mol. The Labute approximate surface area is 121 Å². The Hall–Kier alpha value is -1.48. The van der Waals surface area contributed by atoms with Gasteiger partial charge in [-0.15, -0.1) is 0 Å². The number of para-hydroxylation sites is 2. The van der Waals surface area contributed by atoms with Crippen molar-refractivity contribution < 1.29 is 0 Å². The van der Waals surface area contributed by atoms with Gasteiger partial charge >= 0.3 is 0 Å². The van der Waals surface area contributed by atoms with Crippen molar-refractivity contribution >= 4 is 11.0 Å². The summed E-state index contributed by atoms with van der Waals surface area (Å²) in [5.41, 5.74) is 3.33. The fourth-order valence-corrected chi connectivity index (χ4v) is 2.32. The van der Waals surface area contributed by atoms with Crippen LogP contribution in [-0.4, -0.2) is 16.5 Å². The fourth-order valence-electron chi connectivity index (χ4n) is 2.32. The largest absolute Gasteiger partial charge is 0.309 e. The SMILES string of the molecule is CCNC(CCC(C)(C)C)c1cnc2ccccc2n1. The molecule has 0 amide bonds. The van der Waals surface area contributed by atoms with Crippen molar-refractivity contribution in [3.05, 3.63) is 36.2 Å². The Morgan fingerprint density at radius 3 is 2.50 bits per heavy atom. The third kappa shape index (κ3) is 4.01. The lowest BCUT2D eigenvalue weighted by atomic mass is 9.88. The van der Waals surface area contributed by atoms with E-state index in [0.717, 1.165) is 29.7 Å². The molecule has 3 heteroatoms. The number of hydrogen-bond donors (Lipinski definition) is 1. The molecule has 0 radical (unpaired) electrons. The molecule has 1 N–H and O–H groups in total. The zero-order valence-corrected chi connectivity index (χ0v) is 13.0. The Morgan fingerprint density at radius 2 is 1.85 bits per heavy atom. The molecule has 0 aliphatic rings. The first-order chi connectivity index (χ1) is 9.49. The number of aromatic nitrogens is 2. The van der Waals surface area contributed by atoms with Gasteiger partial charge in [-0.3, -0.25) is 4.98 Å². The number of rotatable bonds is 5. The summed E-state index contributed by atoms with van der Waals surface area (Å²) in [6.45, 7) is 9.92. The van der Waals surface area contributed by atoms with E-state index in [1.807, 2.05) is 30.5 Å². The van der Waals surface area contributed by atoms with Crippen molar-refractivity contribution in [3.8, 4) is 0 Å². The maximum absolute atomic E-state index is 4.77. The molecular weight excluding hydrogens is 246 g/mol. The van der Waals surface area contributed by atoms with Crippen LogP contribution in [0.1, 0.15) is 52.3 Å². The standard InChI is InChI=1S/C17H25N3/c1-5-18-14(10-11-17(2,3)4)16-12-19-13-8-6-7-9-15(13)20-16/h6-9,12,14,18H,5,10-11H2,1-4H3. The highest BCUT2D eigenvalue weighted by atomic mass is 14.9. The smallest absolute Gasteiger partial charge is 0.0890 e. The van der Waals surface area contributed by atoms with Gasteiger partial charge in [-0.25, -0.2) is 4.98 Å². The van der Waals surface area contributed by atoms with Gasteiger partial charge < -0.3 is 5.32 Å². The van der Waals surface area contributed by atoms with Crippen molar-refractivity contribution in [2.75, 3.05) is 6.54 Å². The van der Waals surface area contributed by atoms with E-state index in [-0.39, 0.29) is 6.04 Å². The molecule has 1 heterocycles. The minimum Gasteiger partial charge on any atom is -0.309 e. The van der Waals surface area contributed by atoms with Crippen molar-refractivity contribution in [2.24, 2.45) is 5.41 Å². The molecule has 1 unspecified atom stereocenters. The molecule has 0 saturated heterocycles. The van der Waals surface area contributed by atoms with Gasteiger partial charge in [0.25, 0.3) is 0 Å². The van der Waals surface area contributed by atoms with Gasteiger partial charge in [0.2, 0.25) is 0 Å². The van der Waals surface area contributed by atoms with E-state index in [1.54, 1.807) is 0 Å². The number of hydrogen-bond acceptors (Lipinski definition) is 3. The van der Waals surface area contributed by atoms with Crippen LogP contribution in [0.2, 0.25) is 0 Å². The van der Waals surface area contributed by atoms with E-state index in [9.17, 15) is 0 Å². The molecule has 1 atom stereocenters. The van der Waals surface area contributed by atoms with E-state index in [4.69, 9.17) is 4.98 Å². The van der Waals surface area contributed by atoms with Crippen molar-refractivity contribution in [1.82, 2.24) is 15.3 Å². The highest BCUT2D eigenvalue weighted by Gasteiger charge is 2.17. The number of nitrogens with zero attached hydrogens (tertiary/aromatic N) is 2. The molecular formula is C17H25N3. The summed E-state index contributed by atoms with van der Waals surface area (Å²) in [5.74, 6) is 0. The third-order valence-electron chi connectivity index (χ3n) is 3.46. The first-order valence-corrected chi connectivity index (χ1v) is 7.44. The zero-order chi connectivity index (χ0) is 14.6. The highest BCUT2D eigenvalue weighted by Crippen LogP contribution is 2.27. The second-order valence-corrected chi connectivity index (χ2v) is 6.49. The van der Waals surface area contributed by atoms with Gasteiger partial charge in [-0.1, -0.05) is 39.8 Å². The van der Waals surface area contributed by atoms with Crippen LogP contribution in [0.4, 0.5) is 0 Å². The van der Waals surface area contributed by atoms with Gasteiger partial charge in [0.1, 0.15) is 0 Å². The molecule has 0 saturated carbocycles. The summed E-state index contributed by atoms with van der Waals surface area (Å²) in [6, 6.07) is 8.33. The average Bonchev–Trinajstić information content (AvgIpc) is 2.42. The molecule has 0 aliphatic carbocycles. The minimum absolute atomic E-state index is 0.288. The van der Waals surface area contributed by atoms with Gasteiger partial charge in [-0.05, 0) is 36.9 Å². The second kappa shape index (κ2) is 6.31. The monoisotopic (exact) mass is 271 g/mol. The Bertz CT molecular complexity index is 557. The van der Waals surface area contributed by atoms with E-state index in [2.05, 4.69) is 38.0 Å². The van der Waals surface area contributed by atoms with Gasteiger partial charge in [0.15, 0.2) is 0 Å². The molecule has 2 aromatic rings. The third-order valence-corrected chi connectivity index (χ3v) is 3.46. The van der Waals surface area contributed by atoms with Crippen LogP contribution in [-0.2, 0) is 0 Å². The number of fused-ring (bicyclic) bond motifs is 1. The number of nitrogens with one attached hydrogen (secondary N) is 1. The maximum atomic E-state index is 4.77. The Morgan fingerprint density at radius 1 is 1.15 bits per heavy atom. The topological polar surface area (TPSA) is 37.8 Å². The minimum atomic E-state index is 0.288. The van der Waals surface area contributed by atoms with E-state index >= 15 is 0 Å². The van der Waals surface area contributed by atoms with Crippen LogP contribution in [0.3, 0.4) is 0 Å². The van der Waals surface area contributed by atoms with Crippen LogP contribution in [0.15, 0.2) is 30.5 Å². The van der Waals surface area contributed by atoms with Gasteiger partial charge in [0.05, 0.1) is 29.0 Å². The molecule has 108 valence electrons. The summed E-state index contributed by atoms with van der Waals surface area (Å²) in [4.78, 5) is 9.30. The molecule has 1 aromatic carbocycles. The maximum Gasteiger partial charge on any atom is 0.0890 e. The molecule has 2 rings (SSSR count). The van der Waals surface area contributed by atoms with Crippen LogP contribution >= 0.6 is 0 Å². The normalized spacial score (nSPS) is 13.6. The number of benzene rings is 1. The molecule has 20 heavy (non-hydrogen) atoms. The lowest BCUT2D eigenvalue weighted by Crippen LogP contribution is -2.23. The van der Waals surface area contributed by atoms with E-state index in [0.29, 0.717) is 5.41 Å². The predicted octanol–water partition coefficient (Wildman–Crippen LogP) is 4.11. The quantitative estimate of drug-likeness (QED) is 0.889. The van der Waals surface area contributed by atoms with Crippen LogP contribution in [0.25, 0.3) is 11.0 Å². The van der Waals surface area contributed by atoms with Gasteiger partial charge in [-0.2, -0.15) is 0 Å². The van der Waals surface area contributed by atoms with Crippen LogP contribution < -0.4 is 5.32 Å². The molecule has 0 spiro atoms. The summed E-state index contributed by atoms with van der Waals surface area (Å²) < 4.78 is 0. The summed E-state index contributed by atoms with van der Waals surface area (Å²) in [6.07, 6.45) is 4.17.